The summed E-state index contributed by atoms with van der Waals surface area (Å²) in [7, 11) is 0. The number of aliphatic hydroxyl groups is 4. The van der Waals surface area contributed by atoms with Gasteiger partial charge in [0.25, 0.3) is 0 Å². The Labute approximate surface area is 173 Å². The lowest BCUT2D eigenvalue weighted by atomic mass is 9.85. The molecule has 2 aromatic carbocycles. The second-order valence-electron chi connectivity index (χ2n) is 6.74. The predicted molar refractivity (Wildman–Crippen MR) is 111 cm³/mol. The molecule has 3 rings (SSSR count). The Kier molecular flexibility index (Phi) is 6.91. The van der Waals surface area contributed by atoms with Crippen molar-refractivity contribution in [3.63, 3.8) is 0 Å². The zero-order valence-electron chi connectivity index (χ0n) is 15.4. The van der Waals surface area contributed by atoms with Gasteiger partial charge in [0.15, 0.2) is 10.9 Å². The zero-order valence-corrected chi connectivity index (χ0v) is 16.2. The summed E-state index contributed by atoms with van der Waals surface area (Å²) in [5, 5.41) is 44.5. The highest BCUT2D eigenvalue weighted by atomic mass is 32.1. The van der Waals surface area contributed by atoms with Crippen LogP contribution in [0.15, 0.2) is 60.7 Å². The van der Waals surface area contributed by atoms with Gasteiger partial charge in [-0.05, 0) is 29.9 Å². The Morgan fingerprint density at radius 1 is 0.897 bits per heavy atom. The third kappa shape index (κ3) is 4.78. The molecule has 8 nitrogen and oxygen atoms in total. The number of ketones is 1. The smallest absolute Gasteiger partial charge is 0.188 e. The lowest BCUT2D eigenvalue weighted by Gasteiger charge is -2.40. The van der Waals surface area contributed by atoms with Crippen LogP contribution in [-0.4, -0.2) is 61.8 Å². The Morgan fingerprint density at radius 3 is 2.10 bits per heavy atom. The fourth-order valence-corrected chi connectivity index (χ4v) is 3.30. The molecule has 0 amide bonds. The average Bonchev–Trinajstić information content (AvgIpc) is 2.76. The van der Waals surface area contributed by atoms with Gasteiger partial charge in [0.2, 0.25) is 0 Å². The summed E-state index contributed by atoms with van der Waals surface area (Å²) in [5.41, 5.74) is 4.36. The molecule has 9 heteroatoms. The second-order valence-corrected chi connectivity index (χ2v) is 7.13. The highest BCUT2D eigenvalue weighted by Crippen LogP contribution is 2.20. The van der Waals surface area contributed by atoms with Crippen molar-refractivity contribution in [2.45, 2.75) is 37.0 Å². The molecular formula is C20H23N3O5S. The van der Waals surface area contributed by atoms with Gasteiger partial charge in [-0.2, -0.15) is 0 Å². The van der Waals surface area contributed by atoms with E-state index in [1.54, 1.807) is 24.3 Å². The first-order valence-electron chi connectivity index (χ1n) is 9.09. The number of hydrazine groups is 1. The molecule has 0 radical (unpaired) electrons. The van der Waals surface area contributed by atoms with E-state index < -0.39 is 36.2 Å². The molecule has 0 spiro atoms. The van der Waals surface area contributed by atoms with E-state index in [1.807, 2.05) is 36.4 Å². The molecule has 5 atom stereocenters. The number of hydrogen-bond acceptors (Lipinski definition) is 7. The van der Waals surface area contributed by atoms with E-state index in [9.17, 15) is 25.2 Å². The standard InChI is InChI=1S/C20H23N3O5S/c24-15-14(16(25)18(27)19(28)17(15)26)22-23(13-9-5-2-6-10-13)20(29)21-11-12-7-3-1-4-8-12/h1-10,14-15,17-19,22,24,26-28H,11H2,(H,21,29)/t14?,15-,17-,18-,19-/m1/s1. The summed E-state index contributed by atoms with van der Waals surface area (Å²) >= 11 is 5.47. The number of nitrogens with zero attached hydrogens (tertiary/aromatic N) is 1. The van der Waals surface area contributed by atoms with E-state index in [-0.39, 0.29) is 5.11 Å². The highest BCUT2D eigenvalue weighted by Gasteiger charge is 2.48. The third-order valence-electron chi connectivity index (χ3n) is 4.74. The minimum Gasteiger partial charge on any atom is -0.388 e. The van der Waals surface area contributed by atoms with Crippen molar-refractivity contribution in [1.29, 1.82) is 0 Å². The number of para-hydroxylation sites is 1. The van der Waals surface area contributed by atoms with Gasteiger partial charge in [-0.3, -0.25) is 9.80 Å². The van der Waals surface area contributed by atoms with Gasteiger partial charge in [0, 0.05) is 6.54 Å². The van der Waals surface area contributed by atoms with Crippen molar-refractivity contribution in [1.82, 2.24) is 10.7 Å². The Hall–Kier alpha value is -2.40. The van der Waals surface area contributed by atoms with Crippen molar-refractivity contribution >= 4 is 28.8 Å². The fourth-order valence-electron chi connectivity index (χ4n) is 3.07. The molecule has 0 bridgehead atoms. The van der Waals surface area contributed by atoms with Crippen LogP contribution >= 0.6 is 12.2 Å². The number of carbonyl (C=O) groups is 1. The largest absolute Gasteiger partial charge is 0.388 e. The van der Waals surface area contributed by atoms with Crippen molar-refractivity contribution < 1.29 is 25.2 Å². The van der Waals surface area contributed by atoms with Crippen molar-refractivity contribution in [3.8, 4) is 0 Å². The number of aliphatic hydroxyl groups excluding tert-OH is 4. The molecule has 0 saturated heterocycles. The maximum Gasteiger partial charge on any atom is 0.188 e. The van der Waals surface area contributed by atoms with Gasteiger partial charge in [0.1, 0.15) is 30.5 Å². The van der Waals surface area contributed by atoms with Gasteiger partial charge < -0.3 is 25.7 Å². The molecular weight excluding hydrogens is 394 g/mol. The molecule has 2 aromatic rings. The van der Waals surface area contributed by atoms with E-state index in [1.165, 1.54) is 5.01 Å². The van der Waals surface area contributed by atoms with Crippen LogP contribution in [0.3, 0.4) is 0 Å². The summed E-state index contributed by atoms with van der Waals surface area (Å²) < 4.78 is 0. The first-order valence-corrected chi connectivity index (χ1v) is 9.50. The number of thiocarbonyl (C=S) groups is 1. The Bertz CT molecular complexity index is 839. The highest BCUT2D eigenvalue weighted by molar-refractivity contribution is 7.80. The van der Waals surface area contributed by atoms with Crippen LogP contribution in [-0.2, 0) is 11.3 Å². The summed E-state index contributed by atoms with van der Waals surface area (Å²) in [4.78, 5) is 12.4. The number of carbonyl (C=O) groups excluding carboxylic acids is 1. The Morgan fingerprint density at radius 2 is 1.48 bits per heavy atom. The summed E-state index contributed by atoms with van der Waals surface area (Å²) in [6.45, 7) is 0.426. The lowest BCUT2D eigenvalue weighted by molar-refractivity contribution is -0.168. The van der Waals surface area contributed by atoms with E-state index in [0.29, 0.717) is 12.2 Å². The van der Waals surface area contributed by atoms with Crippen LogP contribution in [0.25, 0.3) is 0 Å². The van der Waals surface area contributed by atoms with Gasteiger partial charge in [-0.1, -0.05) is 48.5 Å². The van der Waals surface area contributed by atoms with Crippen LogP contribution in [0.5, 0.6) is 0 Å². The molecule has 6 N–H and O–H groups in total. The number of anilines is 1. The van der Waals surface area contributed by atoms with Crippen LogP contribution in [0, 0.1) is 0 Å². The molecule has 0 heterocycles. The van der Waals surface area contributed by atoms with Crippen LogP contribution in [0.4, 0.5) is 5.69 Å². The van der Waals surface area contributed by atoms with Gasteiger partial charge in [-0.25, -0.2) is 5.43 Å². The predicted octanol–water partition coefficient (Wildman–Crippen LogP) is -0.533. The van der Waals surface area contributed by atoms with Crippen molar-refractivity contribution in [3.05, 3.63) is 66.2 Å². The third-order valence-corrected chi connectivity index (χ3v) is 5.06. The monoisotopic (exact) mass is 417 g/mol. The van der Waals surface area contributed by atoms with E-state index in [2.05, 4.69) is 10.7 Å². The topological polar surface area (TPSA) is 125 Å². The first kappa shape index (κ1) is 21.3. The maximum absolute atomic E-state index is 12.4. The normalized spacial score (nSPS) is 26.8. The molecule has 154 valence electrons. The van der Waals surface area contributed by atoms with E-state index >= 15 is 0 Å². The number of nitrogens with one attached hydrogen (secondary N) is 2. The average molecular weight is 417 g/mol. The summed E-state index contributed by atoms with van der Waals surface area (Å²) in [6.07, 6.45) is -6.91. The van der Waals surface area contributed by atoms with Crippen molar-refractivity contribution in [2.75, 3.05) is 5.01 Å². The van der Waals surface area contributed by atoms with Gasteiger partial charge in [-0.15, -0.1) is 0 Å². The van der Waals surface area contributed by atoms with Gasteiger partial charge in [0.05, 0.1) is 5.69 Å². The quantitative estimate of drug-likeness (QED) is 0.281. The molecule has 0 aromatic heterocycles. The summed E-state index contributed by atoms with van der Waals surface area (Å²) in [6, 6.07) is 17.0. The molecule has 0 aliphatic heterocycles. The molecule has 1 fully saturated rings. The van der Waals surface area contributed by atoms with Crippen LogP contribution < -0.4 is 15.8 Å². The number of benzene rings is 2. The van der Waals surface area contributed by atoms with E-state index in [0.717, 1.165) is 5.56 Å². The molecule has 29 heavy (non-hydrogen) atoms. The lowest BCUT2D eigenvalue weighted by Crippen LogP contribution is -2.69. The maximum atomic E-state index is 12.4. The first-order chi connectivity index (χ1) is 13.9. The number of rotatable bonds is 5. The van der Waals surface area contributed by atoms with Crippen LogP contribution in [0.1, 0.15) is 5.56 Å². The number of hydrogen-bond donors (Lipinski definition) is 6. The number of Topliss-reactive ketones (excluding diaryl/α,β-unsaturated/α-hetero) is 1. The fraction of sp³-hybridized carbons (Fsp3) is 0.300. The van der Waals surface area contributed by atoms with Crippen molar-refractivity contribution in [2.24, 2.45) is 0 Å². The zero-order chi connectivity index (χ0) is 21.0. The Balaban J connectivity index is 1.80. The molecule has 1 aliphatic rings. The van der Waals surface area contributed by atoms with E-state index in [4.69, 9.17) is 12.2 Å². The second kappa shape index (κ2) is 9.40. The minimum absolute atomic E-state index is 0.218. The molecule has 1 saturated carbocycles. The SMILES string of the molecule is O=C1C(NN(C(=S)NCc2ccccc2)c2ccccc2)[C@@H](O)[C@@H](O)[C@@H](O)[C@@H]1O. The molecule has 1 unspecified atom stereocenters. The summed E-state index contributed by atoms with van der Waals surface area (Å²) in [5.74, 6) is -0.845. The minimum atomic E-state index is -1.82. The van der Waals surface area contributed by atoms with Crippen LogP contribution in [0.2, 0.25) is 0 Å². The van der Waals surface area contributed by atoms with Gasteiger partial charge >= 0.3 is 0 Å². The molecule has 1 aliphatic carbocycles.